The SMILES string of the molecule is COc1ccc2c(C(N)=O)cn(Cc3ccc(Cl)cc3)c2c1. The van der Waals surface area contributed by atoms with E-state index in [0.29, 0.717) is 17.1 Å². The van der Waals surface area contributed by atoms with E-state index in [1.807, 2.05) is 47.0 Å². The highest BCUT2D eigenvalue weighted by Crippen LogP contribution is 2.26. The van der Waals surface area contributed by atoms with Gasteiger partial charge in [0.15, 0.2) is 0 Å². The Hall–Kier alpha value is -2.46. The van der Waals surface area contributed by atoms with Gasteiger partial charge in [0.1, 0.15) is 5.75 Å². The molecule has 2 aromatic carbocycles. The second-order valence-electron chi connectivity index (χ2n) is 5.04. The Labute approximate surface area is 133 Å². The Morgan fingerprint density at radius 2 is 1.95 bits per heavy atom. The number of nitrogens with zero attached hydrogens (tertiary/aromatic N) is 1. The van der Waals surface area contributed by atoms with Crippen molar-refractivity contribution in [2.75, 3.05) is 7.11 Å². The average molecular weight is 315 g/mol. The van der Waals surface area contributed by atoms with Gasteiger partial charge in [0, 0.05) is 29.2 Å². The lowest BCUT2D eigenvalue weighted by Crippen LogP contribution is -2.10. The predicted octanol–water partition coefficient (Wildman–Crippen LogP) is 3.45. The van der Waals surface area contributed by atoms with Crippen LogP contribution in [0.1, 0.15) is 15.9 Å². The van der Waals surface area contributed by atoms with Crippen LogP contribution in [0.15, 0.2) is 48.7 Å². The number of aromatic nitrogens is 1. The minimum absolute atomic E-state index is 0.440. The first-order chi connectivity index (χ1) is 10.6. The van der Waals surface area contributed by atoms with Gasteiger partial charge in [-0.3, -0.25) is 4.79 Å². The van der Waals surface area contributed by atoms with Crippen LogP contribution in [0.5, 0.6) is 5.75 Å². The van der Waals surface area contributed by atoms with Crippen LogP contribution in [0.3, 0.4) is 0 Å². The lowest BCUT2D eigenvalue weighted by atomic mass is 10.1. The number of halogens is 1. The van der Waals surface area contributed by atoms with Crippen molar-refractivity contribution in [2.45, 2.75) is 6.54 Å². The van der Waals surface area contributed by atoms with Crippen LogP contribution in [0, 0.1) is 0 Å². The van der Waals surface area contributed by atoms with Crippen molar-refractivity contribution in [2.24, 2.45) is 5.73 Å². The molecule has 0 aliphatic rings. The number of methoxy groups -OCH3 is 1. The number of hydrogen-bond donors (Lipinski definition) is 1. The van der Waals surface area contributed by atoms with E-state index in [2.05, 4.69) is 0 Å². The normalized spacial score (nSPS) is 10.8. The molecule has 0 bridgehead atoms. The van der Waals surface area contributed by atoms with Crippen molar-refractivity contribution >= 4 is 28.4 Å². The molecule has 1 aromatic heterocycles. The van der Waals surface area contributed by atoms with Gasteiger partial charge >= 0.3 is 0 Å². The summed E-state index contributed by atoms with van der Waals surface area (Å²) in [4.78, 5) is 11.6. The smallest absolute Gasteiger partial charge is 0.250 e. The number of ether oxygens (including phenoxy) is 1. The number of primary amides is 1. The van der Waals surface area contributed by atoms with E-state index >= 15 is 0 Å². The Morgan fingerprint density at radius 3 is 2.59 bits per heavy atom. The lowest BCUT2D eigenvalue weighted by Gasteiger charge is -2.07. The summed E-state index contributed by atoms with van der Waals surface area (Å²) in [5.41, 5.74) is 7.97. The first-order valence-corrected chi connectivity index (χ1v) is 7.17. The van der Waals surface area contributed by atoms with Gasteiger partial charge in [0.05, 0.1) is 18.2 Å². The fourth-order valence-corrected chi connectivity index (χ4v) is 2.64. The van der Waals surface area contributed by atoms with Crippen LogP contribution in [0.2, 0.25) is 5.02 Å². The minimum Gasteiger partial charge on any atom is -0.497 e. The van der Waals surface area contributed by atoms with Crippen molar-refractivity contribution in [1.29, 1.82) is 0 Å². The van der Waals surface area contributed by atoms with E-state index in [1.54, 1.807) is 13.3 Å². The standard InChI is InChI=1S/C17H15ClN2O2/c1-22-13-6-7-14-15(17(19)21)10-20(16(14)8-13)9-11-2-4-12(18)5-3-11/h2-8,10H,9H2,1H3,(H2,19,21). The third-order valence-electron chi connectivity index (χ3n) is 3.62. The summed E-state index contributed by atoms with van der Waals surface area (Å²) in [7, 11) is 1.61. The van der Waals surface area contributed by atoms with Gasteiger partial charge < -0.3 is 15.0 Å². The van der Waals surface area contributed by atoms with E-state index in [4.69, 9.17) is 22.1 Å². The van der Waals surface area contributed by atoms with E-state index in [0.717, 1.165) is 22.2 Å². The van der Waals surface area contributed by atoms with Gasteiger partial charge in [-0.2, -0.15) is 0 Å². The zero-order valence-electron chi connectivity index (χ0n) is 12.0. The summed E-state index contributed by atoms with van der Waals surface area (Å²) in [6.07, 6.45) is 1.78. The number of carbonyl (C=O) groups is 1. The number of amides is 1. The van der Waals surface area contributed by atoms with Crippen molar-refractivity contribution < 1.29 is 9.53 Å². The van der Waals surface area contributed by atoms with Gasteiger partial charge in [0.25, 0.3) is 5.91 Å². The molecule has 22 heavy (non-hydrogen) atoms. The zero-order valence-corrected chi connectivity index (χ0v) is 12.8. The van der Waals surface area contributed by atoms with Gasteiger partial charge in [-0.1, -0.05) is 23.7 Å². The molecule has 1 heterocycles. The molecule has 0 saturated carbocycles. The number of hydrogen-bond acceptors (Lipinski definition) is 2. The molecule has 0 aliphatic heterocycles. The molecule has 4 nitrogen and oxygen atoms in total. The summed E-state index contributed by atoms with van der Waals surface area (Å²) >= 11 is 5.91. The molecule has 0 fully saturated rings. The molecule has 3 aromatic rings. The molecule has 0 unspecified atom stereocenters. The maximum absolute atomic E-state index is 11.6. The van der Waals surface area contributed by atoms with Crippen LogP contribution >= 0.6 is 11.6 Å². The first-order valence-electron chi connectivity index (χ1n) is 6.79. The van der Waals surface area contributed by atoms with E-state index in [1.165, 1.54) is 0 Å². The van der Waals surface area contributed by atoms with Gasteiger partial charge in [0.2, 0.25) is 0 Å². The minimum atomic E-state index is -0.440. The summed E-state index contributed by atoms with van der Waals surface area (Å²) in [5.74, 6) is 0.295. The van der Waals surface area contributed by atoms with Crippen molar-refractivity contribution in [3.63, 3.8) is 0 Å². The number of fused-ring (bicyclic) bond motifs is 1. The van der Waals surface area contributed by atoms with Gasteiger partial charge in [-0.05, 0) is 29.8 Å². The van der Waals surface area contributed by atoms with Crippen LogP contribution in [-0.4, -0.2) is 17.6 Å². The Morgan fingerprint density at radius 1 is 1.23 bits per heavy atom. The van der Waals surface area contributed by atoms with Crippen LogP contribution in [0.4, 0.5) is 0 Å². The van der Waals surface area contributed by atoms with E-state index < -0.39 is 5.91 Å². The molecule has 3 rings (SSSR count). The van der Waals surface area contributed by atoms with Gasteiger partial charge in [-0.25, -0.2) is 0 Å². The van der Waals surface area contributed by atoms with Gasteiger partial charge in [-0.15, -0.1) is 0 Å². The second-order valence-corrected chi connectivity index (χ2v) is 5.48. The topological polar surface area (TPSA) is 57.2 Å². The quantitative estimate of drug-likeness (QED) is 0.802. The second kappa shape index (κ2) is 5.73. The predicted molar refractivity (Wildman–Crippen MR) is 87.6 cm³/mol. The summed E-state index contributed by atoms with van der Waals surface area (Å²) in [5, 5.41) is 1.52. The van der Waals surface area contributed by atoms with Crippen molar-refractivity contribution in [1.82, 2.24) is 4.57 Å². The molecule has 0 aliphatic carbocycles. The largest absolute Gasteiger partial charge is 0.497 e. The third kappa shape index (κ3) is 2.65. The Bertz CT molecular complexity index is 838. The monoisotopic (exact) mass is 314 g/mol. The summed E-state index contributed by atoms with van der Waals surface area (Å²) in [6, 6.07) is 13.2. The van der Waals surface area contributed by atoms with Crippen LogP contribution in [0.25, 0.3) is 10.9 Å². The number of carbonyl (C=O) groups excluding carboxylic acids is 1. The average Bonchev–Trinajstić information content (AvgIpc) is 2.87. The van der Waals surface area contributed by atoms with Crippen molar-refractivity contribution in [3.8, 4) is 5.75 Å². The fourth-order valence-electron chi connectivity index (χ4n) is 2.51. The number of benzene rings is 2. The third-order valence-corrected chi connectivity index (χ3v) is 3.87. The number of rotatable bonds is 4. The fraction of sp³-hybridized carbons (Fsp3) is 0.118. The summed E-state index contributed by atoms with van der Waals surface area (Å²) < 4.78 is 7.25. The molecule has 2 N–H and O–H groups in total. The highest BCUT2D eigenvalue weighted by Gasteiger charge is 2.13. The highest BCUT2D eigenvalue weighted by molar-refractivity contribution is 6.30. The molecule has 0 spiro atoms. The van der Waals surface area contributed by atoms with E-state index in [9.17, 15) is 4.79 Å². The molecular formula is C17H15ClN2O2. The first kappa shape index (κ1) is 14.5. The molecule has 0 atom stereocenters. The zero-order chi connectivity index (χ0) is 15.7. The van der Waals surface area contributed by atoms with E-state index in [-0.39, 0.29) is 0 Å². The Kier molecular flexibility index (Phi) is 3.77. The van der Waals surface area contributed by atoms with Crippen molar-refractivity contribution in [3.05, 3.63) is 64.8 Å². The number of nitrogens with two attached hydrogens (primary N) is 1. The highest BCUT2D eigenvalue weighted by atomic mass is 35.5. The molecule has 0 radical (unpaired) electrons. The summed E-state index contributed by atoms with van der Waals surface area (Å²) in [6.45, 7) is 0.619. The molecule has 1 amide bonds. The molecule has 0 saturated heterocycles. The van der Waals surface area contributed by atoms with Crippen LogP contribution < -0.4 is 10.5 Å². The van der Waals surface area contributed by atoms with Crippen LogP contribution in [-0.2, 0) is 6.54 Å². The molecule has 5 heteroatoms. The lowest BCUT2D eigenvalue weighted by molar-refractivity contribution is 0.100. The Balaban J connectivity index is 2.11. The maximum Gasteiger partial charge on any atom is 0.250 e. The molecule has 112 valence electrons. The molecular weight excluding hydrogens is 300 g/mol. The maximum atomic E-state index is 11.6.